The molecular formula is C13H23NO. The minimum Gasteiger partial charge on any atom is -0.314 e. The van der Waals surface area contributed by atoms with Crippen LogP contribution in [-0.2, 0) is 4.79 Å². The molecule has 1 aliphatic rings. The molecule has 1 rings (SSSR count). The maximum absolute atomic E-state index is 11.7. The third-order valence-electron chi connectivity index (χ3n) is 3.50. The smallest absolute Gasteiger partial charge is 0.135 e. The van der Waals surface area contributed by atoms with Gasteiger partial charge in [0.25, 0.3) is 0 Å². The normalized spacial score (nSPS) is 19.8. The molecule has 0 heterocycles. The first-order valence-corrected chi connectivity index (χ1v) is 6.04. The summed E-state index contributed by atoms with van der Waals surface area (Å²) in [5.74, 6) is 0.381. The van der Waals surface area contributed by atoms with Crippen molar-refractivity contribution < 1.29 is 4.79 Å². The maximum Gasteiger partial charge on any atom is 0.135 e. The van der Waals surface area contributed by atoms with Crippen molar-refractivity contribution in [3.8, 4) is 0 Å². The predicted molar refractivity (Wildman–Crippen MR) is 63.9 cm³/mol. The van der Waals surface area contributed by atoms with Crippen molar-refractivity contribution in [2.45, 2.75) is 56.9 Å². The van der Waals surface area contributed by atoms with Gasteiger partial charge in [0.15, 0.2) is 0 Å². The number of carbonyl (C=O) groups is 1. The largest absolute Gasteiger partial charge is 0.314 e. The fourth-order valence-corrected chi connectivity index (χ4v) is 2.47. The summed E-state index contributed by atoms with van der Waals surface area (Å²) in [4.78, 5) is 11.7. The van der Waals surface area contributed by atoms with Crippen LogP contribution in [0.15, 0.2) is 12.7 Å². The number of hydrogen-bond donors (Lipinski definition) is 1. The average Bonchev–Trinajstić information content (AvgIpc) is 2.27. The molecule has 1 fully saturated rings. The minimum absolute atomic E-state index is 0.108. The van der Waals surface area contributed by atoms with Gasteiger partial charge in [0.1, 0.15) is 5.78 Å². The Balaban J connectivity index is 2.43. The molecule has 0 aromatic carbocycles. The molecule has 1 aliphatic carbocycles. The van der Waals surface area contributed by atoms with Crippen LogP contribution in [0.5, 0.6) is 0 Å². The predicted octanol–water partition coefficient (Wildman–Crippen LogP) is 2.83. The van der Waals surface area contributed by atoms with Crippen LogP contribution in [-0.4, -0.2) is 18.4 Å². The van der Waals surface area contributed by atoms with Crippen LogP contribution < -0.4 is 5.32 Å². The van der Waals surface area contributed by atoms with Crippen LogP contribution in [0.2, 0.25) is 0 Å². The van der Waals surface area contributed by atoms with Crippen molar-refractivity contribution in [1.29, 1.82) is 0 Å². The van der Waals surface area contributed by atoms with Gasteiger partial charge in [-0.25, -0.2) is 0 Å². The number of carbonyl (C=O) groups excluding carboxylic acids is 1. The van der Waals surface area contributed by atoms with Gasteiger partial charge in [-0.15, -0.1) is 6.58 Å². The van der Waals surface area contributed by atoms with E-state index in [1.165, 1.54) is 19.3 Å². The third kappa shape index (κ3) is 3.78. The molecule has 0 bridgehead atoms. The number of Topliss-reactive ketones (excluding diaryl/α,β-unsaturated/α-hetero) is 1. The lowest BCUT2D eigenvalue weighted by Crippen LogP contribution is -2.46. The van der Waals surface area contributed by atoms with Gasteiger partial charge < -0.3 is 5.32 Å². The standard InChI is InChI=1S/C13H23NO/c1-3-4-8-12(15)11-13(14-2)9-6-5-7-10-13/h3,14H,1,4-11H2,2H3. The maximum atomic E-state index is 11.7. The van der Waals surface area contributed by atoms with E-state index in [0.29, 0.717) is 18.6 Å². The number of nitrogens with one attached hydrogen (secondary N) is 1. The molecule has 0 radical (unpaired) electrons. The van der Waals surface area contributed by atoms with E-state index in [4.69, 9.17) is 0 Å². The zero-order valence-corrected chi connectivity index (χ0v) is 9.85. The Hall–Kier alpha value is -0.630. The molecule has 0 spiro atoms. The summed E-state index contributed by atoms with van der Waals surface area (Å²) in [5.41, 5.74) is 0.108. The molecule has 2 heteroatoms. The van der Waals surface area contributed by atoms with Gasteiger partial charge in [0.05, 0.1) is 0 Å². The molecule has 15 heavy (non-hydrogen) atoms. The van der Waals surface area contributed by atoms with E-state index in [9.17, 15) is 4.79 Å². The highest BCUT2D eigenvalue weighted by atomic mass is 16.1. The molecule has 86 valence electrons. The van der Waals surface area contributed by atoms with Gasteiger partial charge in [0.2, 0.25) is 0 Å². The monoisotopic (exact) mass is 209 g/mol. The first-order chi connectivity index (χ1) is 7.22. The molecule has 0 aromatic heterocycles. The molecule has 0 saturated heterocycles. The second-order valence-corrected chi connectivity index (χ2v) is 4.63. The van der Waals surface area contributed by atoms with Crippen molar-refractivity contribution in [2.75, 3.05) is 7.05 Å². The number of hydrogen-bond acceptors (Lipinski definition) is 2. The molecular weight excluding hydrogens is 186 g/mol. The summed E-state index contributed by atoms with van der Waals surface area (Å²) >= 11 is 0. The highest BCUT2D eigenvalue weighted by Crippen LogP contribution is 2.31. The quantitative estimate of drug-likeness (QED) is 0.682. The molecule has 0 aromatic rings. The summed E-state index contributed by atoms with van der Waals surface area (Å²) in [6.45, 7) is 3.65. The first-order valence-electron chi connectivity index (χ1n) is 6.04. The minimum atomic E-state index is 0.108. The van der Waals surface area contributed by atoms with E-state index >= 15 is 0 Å². The Kier molecular flexibility index (Phi) is 5.03. The zero-order valence-electron chi connectivity index (χ0n) is 9.85. The fourth-order valence-electron chi connectivity index (χ4n) is 2.47. The summed E-state index contributed by atoms with van der Waals surface area (Å²) < 4.78 is 0. The van der Waals surface area contributed by atoms with Gasteiger partial charge >= 0.3 is 0 Å². The second-order valence-electron chi connectivity index (χ2n) is 4.63. The highest BCUT2D eigenvalue weighted by molar-refractivity contribution is 5.79. The van der Waals surface area contributed by atoms with Gasteiger partial charge in [-0.05, 0) is 26.3 Å². The molecule has 0 atom stereocenters. The first kappa shape index (κ1) is 12.4. The summed E-state index contributed by atoms with van der Waals surface area (Å²) in [6, 6.07) is 0. The van der Waals surface area contributed by atoms with Crippen molar-refractivity contribution in [3.05, 3.63) is 12.7 Å². The number of ketones is 1. The lowest BCUT2D eigenvalue weighted by atomic mass is 9.78. The summed E-state index contributed by atoms with van der Waals surface area (Å²) in [6.07, 6.45) is 10.2. The Morgan fingerprint density at radius 3 is 2.60 bits per heavy atom. The Bertz CT molecular complexity index is 217. The van der Waals surface area contributed by atoms with Gasteiger partial charge in [-0.2, -0.15) is 0 Å². The fraction of sp³-hybridized carbons (Fsp3) is 0.769. The van der Waals surface area contributed by atoms with E-state index in [0.717, 1.165) is 19.3 Å². The van der Waals surface area contributed by atoms with E-state index in [2.05, 4.69) is 11.9 Å². The van der Waals surface area contributed by atoms with E-state index in [1.807, 2.05) is 13.1 Å². The van der Waals surface area contributed by atoms with E-state index in [1.54, 1.807) is 0 Å². The van der Waals surface area contributed by atoms with Crippen LogP contribution >= 0.6 is 0 Å². The van der Waals surface area contributed by atoms with Crippen molar-refractivity contribution in [1.82, 2.24) is 5.32 Å². The Labute approximate surface area is 93.1 Å². The van der Waals surface area contributed by atoms with Crippen LogP contribution in [0.4, 0.5) is 0 Å². The van der Waals surface area contributed by atoms with Gasteiger partial charge in [-0.3, -0.25) is 4.79 Å². The summed E-state index contributed by atoms with van der Waals surface area (Å²) in [5, 5.41) is 3.38. The van der Waals surface area contributed by atoms with Crippen LogP contribution in [0.25, 0.3) is 0 Å². The molecule has 0 aliphatic heterocycles. The van der Waals surface area contributed by atoms with Gasteiger partial charge in [-0.1, -0.05) is 25.3 Å². The van der Waals surface area contributed by atoms with Crippen LogP contribution in [0, 0.1) is 0 Å². The topological polar surface area (TPSA) is 29.1 Å². The Morgan fingerprint density at radius 1 is 1.40 bits per heavy atom. The third-order valence-corrected chi connectivity index (χ3v) is 3.50. The van der Waals surface area contributed by atoms with Crippen molar-refractivity contribution >= 4 is 5.78 Å². The zero-order chi connectivity index (χ0) is 11.1. The lowest BCUT2D eigenvalue weighted by Gasteiger charge is -2.36. The SMILES string of the molecule is C=CCCC(=O)CC1(NC)CCCCC1. The second kappa shape index (κ2) is 6.06. The summed E-state index contributed by atoms with van der Waals surface area (Å²) in [7, 11) is 1.99. The molecule has 1 N–H and O–H groups in total. The highest BCUT2D eigenvalue weighted by Gasteiger charge is 2.31. The molecule has 2 nitrogen and oxygen atoms in total. The van der Waals surface area contributed by atoms with Crippen LogP contribution in [0.1, 0.15) is 51.4 Å². The Morgan fingerprint density at radius 2 is 2.07 bits per heavy atom. The number of allylic oxidation sites excluding steroid dienone is 1. The van der Waals surface area contributed by atoms with Gasteiger partial charge in [0, 0.05) is 18.4 Å². The van der Waals surface area contributed by atoms with Crippen molar-refractivity contribution in [2.24, 2.45) is 0 Å². The molecule has 0 amide bonds. The molecule has 0 unspecified atom stereocenters. The van der Waals surface area contributed by atoms with E-state index in [-0.39, 0.29) is 5.54 Å². The van der Waals surface area contributed by atoms with Crippen molar-refractivity contribution in [3.63, 3.8) is 0 Å². The average molecular weight is 209 g/mol. The number of rotatable bonds is 6. The lowest BCUT2D eigenvalue weighted by molar-refractivity contribution is -0.120. The van der Waals surface area contributed by atoms with Crippen LogP contribution in [0.3, 0.4) is 0 Å². The molecule has 1 saturated carbocycles. The van der Waals surface area contributed by atoms with E-state index < -0.39 is 0 Å².